The van der Waals surface area contributed by atoms with Crippen molar-refractivity contribution in [2.24, 2.45) is 0 Å². The first-order valence-corrected chi connectivity index (χ1v) is 7.77. The van der Waals surface area contributed by atoms with Crippen LogP contribution in [-0.2, 0) is 6.61 Å². The lowest BCUT2D eigenvalue weighted by atomic mass is 10.1. The van der Waals surface area contributed by atoms with E-state index in [1.54, 1.807) is 13.0 Å². The molecule has 122 valence electrons. The molecule has 0 saturated carbocycles. The molecular formula is C19H22O4. The van der Waals surface area contributed by atoms with Crippen LogP contribution in [0.1, 0.15) is 36.7 Å². The summed E-state index contributed by atoms with van der Waals surface area (Å²) in [5.41, 5.74) is 1.48. The Morgan fingerprint density at radius 3 is 2.09 bits per heavy atom. The summed E-state index contributed by atoms with van der Waals surface area (Å²) in [5.74, 6) is 2.12. The van der Waals surface area contributed by atoms with Crippen LogP contribution in [0.2, 0.25) is 0 Å². The van der Waals surface area contributed by atoms with E-state index in [9.17, 15) is 4.79 Å². The molecule has 0 fully saturated rings. The molecule has 0 radical (unpaired) electrons. The summed E-state index contributed by atoms with van der Waals surface area (Å²) in [6, 6.07) is 12.9. The van der Waals surface area contributed by atoms with Crippen LogP contribution in [-0.4, -0.2) is 19.0 Å². The molecule has 0 heterocycles. The third-order valence-electron chi connectivity index (χ3n) is 3.30. The average Bonchev–Trinajstić information content (AvgIpc) is 2.55. The van der Waals surface area contributed by atoms with E-state index >= 15 is 0 Å². The summed E-state index contributed by atoms with van der Waals surface area (Å²) in [4.78, 5) is 11.6. The lowest BCUT2D eigenvalue weighted by molar-refractivity contribution is 0.101. The normalized spacial score (nSPS) is 10.2. The van der Waals surface area contributed by atoms with E-state index in [0.29, 0.717) is 36.9 Å². The zero-order valence-electron chi connectivity index (χ0n) is 13.8. The molecule has 0 spiro atoms. The fraction of sp³-hybridized carbons (Fsp3) is 0.316. The number of para-hydroxylation sites is 2. The first-order valence-electron chi connectivity index (χ1n) is 7.77. The predicted octanol–water partition coefficient (Wildman–Crippen LogP) is 4.27. The summed E-state index contributed by atoms with van der Waals surface area (Å²) in [5, 5.41) is 0. The first kappa shape index (κ1) is 16.9. The minimum absolute atomic E-state index is 0.0176. The van der Waals surface area contributed by atoms with Gasteiger partial charge in [0.2, 0.25) is 0 Å². The maximum absolute atomic E-state index is 11.6. The van der Waals surface area contributed by atoms with E-state index < -0.39 is 0 Å². The summed E-state index contributed by atoms with van der Waals surface area (Å²) < 4.78 is 17.1. The molecule has 0 bridgehead atoms. The number of rotatable bonds is 8. The highest BCUT2D eigenvalue weighted by Crippen LogP contribution is 2.29. The molecule has 0 atom stereocenters. The van der Waals surface area contributed by atoms with Crippen molar-refractivity contribution in [2.75, 3.05) is 13.2 Å². The largest absolute Gasteiger partial charge is 0.493 e. The second-order valence-electron chi connectivity index (χ2n) is 4.98. The van der Waals surface area contributed by atoms with Crippen molar-refractivity contribution in [3.8, 4) is 17.2 Å². The van der Waals surface area contributed by atoms with E-state index in [-0.39, 0.29) is 5.78 Å². The molecule has 0 aliphatic heterocycles. The van der Waals surface area contributed by atoms with Crippen molar-refractivity contribution in [1.29, 1.82) is 0 Å². The van der Waals surface area contributed by atoms with Gasteiger partial charge in [-0.15, -0.1) is 0 Å². The Morgan fingerprint density at radius 2 is 1.48 bits per heavy atom. The molecule has 4 heteroatoms. The molecule has 0 aliphatic rings. The smallest absolute Gasteiger partial charge is 0.161 e. The summed E-state index contributed by atoms with van der Waals surface area (Å²) in [6.45, 7) is 6.84. The van der Waals surface area contributed by atoms with E-state index in [1.165, 1.54) is 0 Å². The van der Waals surface area contributed by atoms with Crippen LogP contribution < -0.4 is 14.2 Å². The quantitative estimate of drug-likeness (QED) is 0.683. The highest BCUT2D eigenvalue weighted by molar-refractivity contribution is 5.94. The fourth-order valence-corrected chi connectivity index (χ4v) is 2.21. The standard InChI is InChI=1S/C19H22O4/c1-4-21-17-11-10-15(14(3)20)12-16(17)13-23-19-9-7-6-8-18(19)22-5-2/h6-12H,4-5,13H2,1-3H3. The van der Waals surface area contributed by atoms with Gasteiger partial charge in [-0.2, -0.15) is 0 Å². The number of carbonyl (C=O) groups is 1. The number of ether oxygens (including phenoxy) is 3. The molecule has 0 aromatic heterocycles. The molecule has 0 amide bonds. The predicted molar refractivity (Wildman–Crippen MR) is 89.6 cm³/mol. The monoisotopic (exact) mass is 314 g/mol. The molecule has 0 unspecified atom stereocenters. The highest BCUT2D eigenvalue weighted by Gasteiger charge is 2.10. The van der Waals surface area contributed by atoms with Crippen LogP contribution in [0.3, 0.4) is 0 Å². The second kappa shape index (κ2) is 8.22. The minimum atomic E-state index is 0.0176. The van der Waals surface area contributed by atoms with Crippen LogP contribution in [0.5, 0.6) is 17.2 Å². The lowest BCUT2D eigenvalue weighted by Crippen LogP contribution is -2.04. The van der Waals surface area contributed by atoms with Gasteiger partial charge in [-0.3, -0.25) is 4.79 Å². The van der Waals surface area contributed by atoms with Crippen molar-refractivity contribution in [1.82, 2.24) is 0 Å². The Balaban J connectivity index is 2.21. The first-order chi connectivity index (χ1) is 11.2. The molecule has 23 heavy (non-hydrogen) atoms. The molecular weight excluding hydrogens is 292 g/mol. The van der Waals surface area contributed by atoms with Crippen LogP contribution >= 0.6 is 0 Å². The zero-order valence-corrected chi connectivity index (χ0v) is 13.8. The van der Waals surface area contributed by atoms with Crippen molar-refractivity contribution in [3.05, 3.63) is 53.6 Å². The molecule has 0 aliphatic carbocycles. The third kappa shape index (κ3) is 4.49. The number of benzene rings is 2. The van der Waals surface area contributed by atoms with Gasteiger partial charge in [0.05, 0.1) is 13.2 Å². The van der Waals surface area contributed by atoms with Crippen molar-refractivity contribution >= 4 is 5.78 Å². The molecule has 0 N–H and O–H groups in total. The average molecular weight is 314 g/mol. The van der Waals surface area contributed by atoms with E-state index in [0.717, 1.165) is 11.3 Å². The minimum Gasteiger partial charge on any atom is -0.493 e. The van der Waals surface area contributed by atoms with Gasteiger partial charge in [-0.1, -0.05) is 12.1 Å². The van der Waals surface area contributed by atoms with Crippen molar-refractivity contribution in [3.63, 3.8) is 0 Å². The summed E-state index contributed by atoms with van der Waals surface area (Å²) in [7, 11) is 0. The van der Waals surface area contributed by atoms with Crippen LogP contribution in [0.4, 0.5) is 0 Å². The summed E-state index contributed by atoms with van der Waals surface area (Å²) in [6.07, 6.45) is 0. The Hall–Kier alpha value is -2.49. The van der Waals surface area contributed by atoms with Gasteiger partial charge in [0.1, 0.15) is 12.4 Å². The van der Waals surface area contributed by atoms with E-state index in [2.05, 4.69) is 0 Å². The number of Topliss-reactive ketones (excluding diaryl/α,β-unsaturated/α-hetero) is 1. The van der Waals surface area contributed by atoms with Crippen LogP contribution in [0, 0.1) is 0 Å². The van der Waals surface area contributed by atoms with E-state index in [1.807, 2.05) is 50.2 Å². The van der Waals surface area contributed by atoms with Gasteiger partial charge in [-0.25, -0.2) is 0 Å². The molecule has 4 nitrogen and oxygen atoms in total. The van der Waals surface area contributed by atoms with Gasteiger partial charge < -0.3 is 14.2 Å². The van der Waals surface area contributed by atoms with Crippen molar-refractivity contribution in [2.45, 2.75) is 27.4 Å². The van der Waals surface area contributed by atoms with Gasteiger partial charge >= 0.3 is 0 Å². The number of hydrogen-bond donors (Lipinski definition) is 0. The lowest BCUT2D eigenvalue weighted by Gasteiger charge is -2.14. The Morgan fingerprint density at radius 1 is 0.870 bits per heavy atom. The second-order valence-corrected chi connectivity index (χ2v) is 4.98. The van der Waals surface area contributed by atoms with E-state index in [4.69, 9.17) is 14.2 Å². The summed E-state index contributed by atoms with van der Waals surface area (Å²) >= 11 is 0. The maximum Gasteiger partial charge on any atom is 0.161 e. The zero-order chi connectivity index (χ0) is 16.7. The Bertz CT molecular complexity index is 664. The van der Waals surface area contributed by atoms with Gasteiger partial charge in [0, 0.05) is 11.1 Å². The van der Waals surface area contributed by atoms with Gasteiger partial charge in [-0.05, 0) is 51.1 Å². The van der Waals surface area contributed by atoms with Crippen LogP contribution in [0.15, 0.2) is 42.5 Å². The number of carbonyl (C=O) groups excluding carboxylic acids is 1. The third-order valence-corrected chi connectivity index (χ3v) is 3.30. The Labute approximate surface area is 137 Å². The SMILES string of the molecule is CCOc1ccc(C(C)=O)cc1COc1ccccc1OCC. The molecule has 2 rings (SSSR count). The maximum atomic E-state index is 11.6. The number of ketones is 1. The van der Waals surface area contributed by atoms with Gasteiger partial charge in [0.15, 0.2) is 17.3 Å². The molecule has 0 saturated heterocycles. The topological polar surface area (TPSA) is 44.8 Å². The van der Waals surface area contributed by atoms with Crippen molar-refractivity contribution < 1.29 is 19.0 Å². The molecule has 2 aromatic rings. The fourth-order valence-electron chi connectivity index (χ4n) is 2.21. The Kier molecular flexibility index (Phi) is 6.03. The highest BCUT2D eigenvalue weighted by atomic mass is 16.5. The van der Waals surface area contributed by atoms with Gasteiger partial charge in [0.25, 0.3) is 0 Å². The number of hydrogen-bond acceptors (Lipinski definition) is 4. The van der Waals surface area contributed by atoms with Crippen LogP contribution in [0.25, 0.3) is 0 Å². The molecule has 2 aromatic carbocycles.